The predicted molar refractivity (Wildman–Crippen MR) is 98.2 cm³/mol. The molecule has 3 aromatic rings. The van der Waals surface area contributed by atoms with Crippen molar-refractivity contribution in [3.8, 4) is 11.5 Å². The lowest BCUT2D eigenvalue weighted by Gasteiger charge is -2.12. The summed E-state index contributed by atoms with van der Waals surface area (Å²) in [6.07, 6.45) is 1.13. The molecule has 2 aromatic carbocycles. The summed E-state index contributed by atoms with van der Waals surface area (Å²) in [5.41, 5.74) is 3.30. The molecule has 1 aromatic heterocycles. The summed E-state index contributed by atoms with van der Waals surface area (Å²) in [4.78, 5) is 23.9. The molecule has 0 radical (unpaired) electrons. The number of aromatic nitrogens is 1. The molecule has 0 saturated carbocycles. The van der Waals surface area contributed by atoms with Crippen molar-refractivity contribution in [2.45, 2.75) is 19.4 Å². The van der Waals surface area contributed by atoms with Gasteiger partial charge in [0.1, 0.15) is 0 Å². The average Bonchev–Trinajstić information content (AvgIpc) is 3.32. The zero-order valence-electron chi connectivity index (χ0n) is 14.1. The first kappa shape index (κ1) is 16.2. The first-order chi connectivity index (χ1) is 13.0. The molecule has 6 nitrogen and oxygen atoms in total. The van der Waals surface area contributed by atoms with Gasteiger partial charge in [-0.2, -0.15) is 0 Å². The highest BCUT2D eigenvalue weighted by Gasteiger charge is 2.29. The van der Waals surface area contributed by atoms with Gasteiger partial charge in [0, 0.05) is 29.4 Å². The maximum Gasteiger partial charge on any atom is 0.335 e. The Morgan fingerprint density at radius 1 is 1.15 bits per heavy atom. The number of rotatable bonds is 3. The number of halogens is 1. The summed E-state index contributed by atoms with van der Waals surface area (Å²) >= 11 is 6.42. The molecule has 0 fully saturated rings. The second-order valence-electron chi connectivity index (χ2n) is 6.67. The summed E-state index contributed by atoms with van der Waals surface area (Å²) in [6.45, 7) is 0.494. The van der Waals surface area contributed by atoms with Gasteiger partial charge in [-0.25, -0.2) is 4.79 Å². The van der Waals surface area contributed by atoms with Gasteiger partial charge in [0.15, 0.2) is 17.3 Å². The van der Waals surface area contributed by atoms with Crippen LogP contribution in [0.3, 0.4) is 0 Å². The summed E-state index contributed by atoms with van der Waals surface area (Å²) in [7, 11) is 0. The van der Waals surface area contributed by atoms with Crippen LogP contribution in [0.15, 0.2) is 30.3 Å². The maximum absolute atomic E-state index is 12.5. The van der Waals surface area contributed by atoms with Crippen molar-refractivity contribution in [2.75, 3.05) is 6.79 Å². The normalized spacial score (nSPS) is 14.8. The number of fused-ring (bicyclic) bond motifs is 4. The average molecular weight is 384 g/mol. The van der Waals surface area contributed by atoms with Gasteiger partial charge in [0.2, 0.25) is 6.79 Å². The van der Waals surface area contributed by atoms with Gasteiger partial charge in [-0.3, -0.25) is 4.79 Å². The summed E-state index contributed by atoms with van der Waals surface area (Å²) in [5.74, 6) is 0.267. The number of aromatic carboxylic acids is 1. The molecule has 136 valence electrons. The Balaban J connectivity index is 1.70. The fourth-order valence-electron chi connectivity index (χ4n) is 3.90. The largest absolute Gasteiger partial charge is 0.478 e. The lowest BCUT2D eigenvalue weighted by molar-refractivity contribution is 0.0696. The van der Waals surface area contributed by atoms with Crippen LogP contribution in [0.5, 0.6) is 11.5 Å². The second kappa shape index (κ2) is 5.76. The topological polar surface area (TPSA) is 77.8 Å². The smallest absolute Gasteiger partial charge is 0.335 e. The van der Waals surface area contributed by atoms with Crippen LogP contribution in [0, 0.1) is 0 Å². The number of hydrogen-bond acceptors (Lipinski definition) is 4. The van der Waals surface area contributed by atoms with Gasteiger partial charge in [-0.1, -0.05) is 17.7 Å². The molecule has 0 unspecified atom stereocenters. The van der Waals surface area contributed by atoms with Crippen LogP contribution in [-0.2, 0) is 13.0 Å². The number of hydrogen-bond donors (Lipinski definition) is 1. The van der Waals surface area contributed by atoms with Crippen LogP contribution in [0.1, 0.15) is 38.4 Å². The third-order valence-corrected chi connectivity index (χ3v) is 5.50. The van der Waals surface area contributed by atoms with E-state index in [0.717, 1.165) is 22.0 Å². The number of carbonyl (C=O) groups excluding carboxylic acids is 1. The van der Waals surface area contributed by atoms with Crippen molar-refractivity contribution in [2.24, 2.45) is 0 Å². The van der Waals surface area contributed by atoms with E-state index >= 15 is 0 Å². The minimum atomic E-state index is -1.00. The van der Waals surface area contributed by atoms with E-state index in [9.17, 15) is 14.7 Å². The van der Waals surface area contributed by atoms with E-state index in [2.05, 4.69) is 0 Å². The van der Waals surface area contributed by atoms with Crippen LogP contribution in [0.2, 0.25) is 5.02 Å². The first-order valence-electron chi connectivity index (χ1n) is 8.52. The number of carboxylic acid groups (broad SMARTS) is 1. The molecule has 0 amide bonds. The Kier molecular flexibility index (Phi) is 3.45. The molecular weight excluding hydrogens is 370 g/mol. The van der Waals surface area contributed by atoms with Crippen molar-refractivity contribution in [3.63, 3.8) is 0 Å². The van der Waals surface area contributed by atoms with E-state index in [-0.39, 0.29) is 18.1 Å². The SMILES string of the molecule is O=C(O)c1ccc2c3c(n(Cc4cc5c(cc4Cl)OCO5)c2c1)C(=O)CC3. The van der Waals surface area contributed by atoms with Crippen molar-refractivity contribution >= 4 is 34.3 Å². The van der Waals surface area contributed by atoms with Gasteiger partial charge in [-0.05, 0) is 35.7 Å². The Morgan fingerprint density at radius 2 is 1.93 bits per heavy atom. The molecule has 1 aliphatic heterocycles. The highest BCUT2D eigenvalue weighted by molar-refractivity contribution is 6.31. The van der Waals surface area contributed by atoms with Crippen LogP contribution in [-0.4, -0.2) is 28.2 Å². The van der Waals surface area contributed by atoms with E-state index in [4.69, 9.17) is 21.1 Å². The molecule has 5 rings (SSSR count). The Bertz CT molecular complexity index is 1150. The zero-order chi connectivity index (χ0) is 18.7. The summed E-state index contributed by atoms with van der Waals surface area (Å²) in [5, 5.41) is 10.8. The Labute approximate surface area is 158 Å². The van der Waals surface area contributed by atoms with Crippen LogP contribution >= 0.6 is 11.6 Å². The van der Waals surface area contributed by atoms with Gasteiger partial charge >= 0.3 is 5.97 Å². The van der Waals surface area contributed by atoms with Crippen LogP contribution in [0.4, 0.5) is 0 Å². The first-order valence-corrected chi connectivity index (χ1v) is 8.90. The van der Waals surface area contributed by atoms with E-state index in [1.165, 1.54) is 0 Å². The van der Waals surface area contributed by atoms with Crippen molar-refractivity contribution < 1.29 is 24.2 Å². The molecule has 1 N–H and O–H groups in total. The van der Waals surface area contributed by atoms with Gasteiger partial charge in [0.05, 0.1) is 16.8 Å². The molecule has 0 atom stereocenters. The van der Waals surface area contributed by atoms with E-state index in [1.54, 1.807) is 24.3 Å². The van der Waals surface area contributed by atoms with Gasteiger partial charge in [-0.15, -0.1) is 0 Å². The molecule has 1 aliphatic carbocycles. The molecule has 0 bridgehead atoms. The Morgan fingerprint density at radius 3 is 2.70 bits per heavy atom. The van der Waals surface area contributed by atoms with Crippen molar-refractivity contribution in [1.82, 2.24) is 4.57 Å². The minimum Gasteiger partial charge on any atom is -0.478 e. The summed E-state index contributed by atoms with van der Waals surface area (Å²) < 4.78 is 12.6. The van der Waals surface area contributed by atoms with Gasteiger partial charge < -0.3 is 19.1 Å². The molecule has 0 saturated heterocycles. The van der Waals surface area contributed by atoms with Crippen molar-refractivity contribution in [3.05, 3.63) is 57.7 Å². The molecule has 27 heavy (non-hydrogen) atoms. The van der Waals surface area contributed by atoms with Crippen LogP contribution in [0.25, 0.3) is 10.9 Å². The third-order valence-electron chi connectivity index (χ3n) is 5.15. The molecular formula is C20H14ClNO5. The maximum atomic E-state index is 12.5. The van der Waals surface area contributed by atoms with E-state index in [1.807, 2.05) is 10.6 Å². The predicted octanol–water partition coefficient (Wildman–Crippen LogP) is 3.90. The van der Waals surface area contributed by atoms with E-state index in [0.29, 0.717) is 41.6 Å². The lowest BCUT2D eigenvalue weighted by atomic mass is 10.1. The number of aryl methyl sites for hydroxylation is 1. The number of carboxylic acids is 1. The summed E-state index contributed by atoms with van der Waals surface area (Å²) in [6, 6.07) is 8.49. The zero-order valence-corrected chi connectivity index (χ0v) is 14.9. The Hall–Kier alpha value is -2.99. The fourth-order valence-corrected chi connectivity index (χ4v) is 4.11. The highest BCUT2D eigenvalue weighted by Crippen LogP contribution is 2.39. The number of ether oxygens (including phenoxy) is 2. The van der Waals surface area contributed by atoms with E-state index < -0.39 is 5.97 Å². The monoisotopic (exact) mass is 383 g/mol. The van der Waals surface area contributed by atoms with Crippen molar-refractivity contribution in [1.29, 1.82) is 0 Å². The number of carbonyl (C=O) groups is 2. The minimum absolute atomic E-state index is 0.0648. The fraction of sp³-hybridized carbons (Fsp3) is 0.200. The third kappa shape index (κ3) is 2.40. The number of nitrogens with zero attached hydrogens (tertiary/aromatic N) is 1. The molecule has 7 heteroatoms. The molecule has 0 spiro atoms. The van der Waals surface area contributed by atoms with Crippen LogP contribution < -0.4 is 9.47 Å². The second-order valence-corrected chi connectivity index (χ2v) is 7.08. The number of benzene rings is 2. The van der Waals surface area contributed by atoms with Gasteiger partial charge in [0.25, 0.3) is 0 Å². The standard InChI is InChI=1S/C20H14ClNO5/c21-14-7-18-17(26-9-27-18)6-11(14)8-22-15-5-10(20(24)25)1-2-12(15)13-3-4-16(23)19(13)22/h1-2,5-7H,3-4,8-9H2,(H,24,25). The molecule has 2 heterocycles. The number of ketones is 1. The number of Topliss-reactive ketones (excluding diaryl/α,β-unsaturated/α-hetero) is 1. The lowest BCUT2D eigenvalue weighted by Crippen LogP contribution is -2.08. The quantitative estimate of drug-likeness (QED) is 0.742. The highest BCUT2D eigenvalue weighted by atomic mass is 35.5. The molecule has 2 aliphatic rings.